The molecule has 0 aliphatic heterocycles. The Hall–Kier alpha value is -5.42. The van der Waals surface area contributed by atoms with Gasteiger partial charge in [-0.1, -0.05) is 81.2 Å². The number of nitrogens with zero attached hydrogens (tertiary/aromatic N) is 4. The Labute approximate surface area is 845 Å². The van der Waals surface area contributed by atoms with E-state index in [-0.39, 0.29) is 175 Å². The predicted octanol–water partition coefficient (Wildman–Crippen LogP) is 19.7. The number of rotatable bonds is 25. The molecule has 0 fully saturated rings. The normalized spacial score (nSPS) is 11.5. The van der Waals surface area contributed by atoms with Crippen LogP contribution in [-0.4, -0.2) is 187 Å². The SMILES string of the molecule is CC(C)[C@H](N)CO.CCOC(=O)/C=C/N(C)C.CCOC(=O)C(=CN(C)C)C(=O)c1cc(Br)c(F)cc1F.CCOC(=O)C(C=N[C@H](CO)C(C)C)=C(O)c1cc(Br)c(F)cc1F.CCOC(=O)c1cn([C@H](CO)C(C)C)c2cc(F)c(Br)cc2c1=O.Fc1c(Cl)cccc1CBr.O=C(Cl)c1cc(Br)c(F)cc1F.O=C(O)c1cc(Br)c(F)cc1F.O=S(Cl)Cl.[2H][B].[U].[Zn]. The summed E-state index contributed by atoms with van der Waals surface area (Å²) in [5, 5.41) is 46.1. The third kappa shape index (κ3) is 47.5. The molecule has 0 unspecified atom stereocenters. The molecule has 2 radical (unpaired) electrons. The van der Waals surface area contributed by atoms with Crippen LogP contribution < -0.4 is 11.2 Å². The average molecular weight is 2580 g/mol. The first-order valence-corrected chi connectivity index (χ1v) is 44.6. The van der Waals surface area contributed by atoms with E-state index in [9.17, 15) is 97.6 Å². The standard InChI is InChI=1S/C17H20BrF2NO4.C17H19BrFNO4.C14H14BrF2NO3.C7H2BrClF2O.C7H5BrClF.C7H3BrF2O2.C7H13NO2.C5H13NO.BH.Cl2OS.U.Zn/c1-4-25-17(24)11(7-21-15(8-22)9(2)3)16(23)10-5-12(18)14(20)6-13(10)19;1-4-24-17(23)11-7-20(15(8-21)9(2)3)14-6-13(19)12(18)5-10(14)16(11)22;1-4-21-14(20)9(7-18(2)3)13(19)8-5-10(15)12(17)6-11(8)16;8-4-1-3(7(9)12)5(10)2-6(4)11;8-4-5-2-1-3-6(9)7(5)10;8-4-1-3(7(11)12)5(9)2-6(4)10;1-4-10-7(9)5-6-8(2)3;1-4(2)5(6)3-7;;1-4(2)3;;/h5-7,9,15,22-23H,4,8H2,1-3H3;5-7,9,15,21H,4,8H2,1-3H3;5-7H,4H2,1-3H3;1-2H;1-3H,4H2;1-2H,(H,11,12);5-6H,4H2,1-3H3;4-5,7H,3,6H2,1-2H3;1H;;;/b;;;;;;6-5+;;;;;/t2*15-;;;;;;5-;;;;/m11.....1..../s1/i;;;;;;;;1D;;;. The summed E-state index contributed by atoms with van der Waals surface area (Å²) in [6, 6.07) is 12.7. The van der Waals surface area contributed by atoms with Crippen molar-refractivity contribution in [1.29, 1.82) is 1.34 Å². The van der Waals surface area contributed by atoms with Crippen LogP contribution in [0.25, 0.3) is 16.7 Å². The van der Waals surface area contributed by atoms with Gasteiger partial charge in [-0.25, -0.2) is 72.1 Å². The predicted molar refractivity (Wildman–Crippen MR) is 490 cm³/mol. The minimum absolute atomic E-state index is 0. The molecule has 3 atom stereocenters. The molecule has 0 saturated heterocycles. The second-order valence-corrected chi connectivity index (χ2v) is 33.9. The fourth-order valence-corrected chi connectivity index (χ4v) is 11.1. The van der Waals surface area contributed by atoms with Crippen molar-refractivity contribution in [3.8, 4) is 0 Å². The van der Waals surface area contributed by atoms with Crippen LogP contribution in [0.15, 0.2) is 147 Å². The van der Waals surface area contributed by atoms with E-state index >= 15 is 0 Å². The number of hydrogen-bond acceptors (Lipinski definition) is 21. The number of aliphatic hydroxyl groups excluding tert-OH is 4. The van der Waals surface area contributed by atoms with Crippen LogP contribution in [0.1, 0.15) is 128 Å². The number of esters is 4. The molecule has 0 saturated carbocycles. The maximum Gasteiger partial charge on any atom is 0.343 e. The van der Waals surface area contributed by atoms with Gasteiger partial charge in [0.1, 0.15) is 80.6 Å². The minimum atomic E-state index is -1.67. The topological polar surface area (TPSA) is 341 Å². The molecule has 1 aromatic heterocycles. The Balaban J connectivity index is -0.000000462. The second-order valence-electron chi connectivity index (χ2n) is 25.8. The van der Waals surface area contributed by atoms with E-state index in [1.54, 1.807) is 69.6 Å². The molecule has 0 aliphatic rings. The van der Waals surface area contributed by atoms with Gasteiger partial charge in [0.15, 0.2) is 0 Å². The molecule has 23 nitrogen and oxygen atoms in total. The van der Waals surface area contributed by atoms with Crippen molar-refractivity contribution in [2.45, 2.75) is 92.7 Å². The number of ether oxygens (including phenoxy) is 4. The molecule has 128 heavy (non-hydrogen) atoms. The van der Waals surface area contributed by atoms with Crippen LogP contribution in [0, 0.1) is 107 Å². The van der Waals surface area contributed by atoms with E-state index in [4.69, 9.17) is 58.9 Å². The Kier molecular flexibility index (Phi) is 69.0. The van der Waals surface area contributed by atoms with Crippen molar-refractivity contribution in [2.75, 3.05) is 74.4 Å². The third-order valence-electron chi connectivity index (χ3n) is 15.1. The summed E-state index contributed by atoms with van der Waals surface area (Å²) in [4.78, 5) is 99.7. The molecule has 0 aliphatic carbocycles. The van der Waals surface area contributed by atoms with Crippen LogP contribution in [0.3, 0.4) is 0 Å². The number of aliphatic hydroxyl groups is 4. The number of benzene rings is 6. The zero-order valence-electron chi connectivity index (χ0n) is 71.7. The summed E-state index contributed by atoms with van der Waals surface area (Å²) in [7, 11) is 18.0. The molecule has 47 heteroatoms. The summed E-state index contributed by atoms with van der Waals surface area (Å²) in [5.74, 6) is -13.7. The van der Waals surface area contributed by atoms with Gasteiger partial charge in [-0.2, -0.15) is 0 Å². The fourth-order valence-electron chi connectivity index (χ4n) is 8.60. The maximum atomic E-state index is 14.0. The second kappa shape index (κ2) is 68.6. The van der Waals surface area contributed by atoms with Crippen molar-refractivity contribution in [3.05, 3.63) is 244 Å². The van der Waals surface area contributed by atoms with Crippen molar-refractivity contribution in [2.24, 2.45) is 28.5 Å². The van der Waals surface area contributed by atoms with Gasteiger partial charge >= 0.3 is 29.8 Å². The first kappa shape index (κ1) is 129. The van der Waals surface area contributed by atoms with Gasteiger partial charge in [-0.15, -0.1) is 0 Å². The number of ketones is 1. The molecule has 702 valence electrons. The number of alkyl halides is 1. The van der Waals surface area contributed by atoms with Crippen molar-refractivity contribution < 1.29 is 177 Å². The number of halogens is 20. The zero-order chi connectivity index (χ0) is 98.9. The molecule has 1 heterocycles. The number of pyridine rings is 1. The van der Waals surface area contributed by atoms with Crippen LogP contribution in [0.4, 0.5) is 43.9 Å². The van der Waals surface area contributed by atoms with Crippen molar-refractivity contribution >= 4 is 221 Å². The van der Waals surface area contributed by atoms with Crippen molar-refractivity contribution in [3.63, 3.8) is 0 Å². The average Bonchev–Trinajstić information content (AvgIpc) is 0.758. The molecular weight excluding hydrogens is 2490 g/mol. The van der Waals surface area contributed by atoms with Crippen LogP contribution in [0.2, 0.25) is 5.02 Å². The summed E-state index contributed by atoms with van der Waals surface area (Å²) in [5.41, 5.74) is 3.20. The summed E-state index contributed by atoms with van der Waals surface area (Å²) in [6.07, 6.45) is 6.65. The zero-order valence-corrected chi connectivity index (χ0v) is 91.2. The number of aromatic carboxylic acids is 1. The largest absolute Gasteiger partial charge is 0.506 e. The van der Waals surface area contributed by atoms with E-state index in [0.717, 1.165) is 30.5 Å². The summed E-state index contributed by atoms with van der Waals surface area (Å²) < 4.78 is 167. The number of Topliss-reactive ketones (excluding diaryl/α,β-unsaturated/α-hetero) is 1. The van der Waals surface area contributed by atoms with Gasteiger partial charge in [-0.3, -0.25) is 19.4 Å². The van der Waals surface area contributed by atoms with E-state index < -0.39 is 136 Å². The van der Waals surface area contributed by atoms with Gasteiger partial charge < -0.3 is 64.6 Å². The van der Waals surface area contributed by atoms with Crippen LogP contribution >= 0.6 is 140 Å². The number of aliphatic imine (C=N–C) groups is 1. The molecule has 0 amide bonds. The van der Waals surface area contributed by atoms with Crippen molar-refractivity contribution in [1.82, 2.24) is 14.4 Å². The first-order valence-electron chi connectivity index (χ1n) is 36.6. The van der Waals surface area contributed by atoms with Gasteiger partial charge in [0.05, 0.1) is 113 Å². The third-order valence-corrected chi connectivity index (χ3v) is 19.3. The van der Waals surface area contributed by atoms with Gasteiger partial charge in [0.2, 0.25) is 20.4 Å². The first-order chi connectivity index (χ1) is 59.2. The molecule has 7 N–H and O–H groups in total. The summed E-state index contributed by atoms with van der Waals surface area (Å²) >= 11 is 28.0. The number of aromatic nitrogens is 1. The van der Waals surface area contributed by atoms with Crippen LogP contribution in [-0.2, 0) is 67.4 Å². The van der Waals surface area contributed by atoms with E-state index in [1.165, 1.54) is 41.6 Å². The number of hydrogen-bond donors (Lipinski definition) is 6. The maximum absolute atomic E-state index is 14.0. The van der Waals surface area contributed by atoms with E-state index in [2.05, 4.69) is 135 Å². The number of carbonyl (C=O) groups is 7. The Morgan fingerprint density at radius 1 is 0.594 bits per heavy atom. The minimum Gasteiger partial charge on any atom is -0.506 e. The summed E-state index contributed by atoms with van der Waals surface area (Å²) in [6.45, 7) is 18.3. The Morgan fingerprint density at radius 2 is 1.02 bits per heavy atom. The molecule has 7 rings (SSSR count). The molecule has 0 bridgehead atoms. The van der Waals surface area contributed by atoms with Gasteiger partial charge in [-0.05, 0) is 186 Å². The number of carboxylic acids is 1. The monoisotopic (exact) mass is 2570 g/mol. The number of carboxylic acid groups (broad SMARTS) is 1. The smallest absolute Gasteiger partial charge is 0.343 e. The fraction of sp³-hybridized carbons (Fsp3) is 0.346. The van der Waals surface area contributed by atoms with Gasteiger partial charge in [0, 0.05) is 180 Å². The van der Waals surface area contributed by atoms with E-state index in [0.29, 0.717) is 53.2 Å². The molecule has 6 aromatic carbocycles. The molecule has 0 spiro atoms. The van der Waals surface area contributed by atoms with Crippen LogP contribution in [0.5, 0.6) is 0 Å². The quantitative estimate of drug-likeness (QED) is 0.00247. The number of fused-ring (bicyclic) bond motifs is 1. The molecular formula is C81H90BBr6Cl4F10N5O18SUZn. The Morgan fingerprint density at radius 3 is 1.40 bits per heavy atom. The molecule has 7 aromatic rings. The van der Waals surface area contributed by atoms with E-state index in [1.807, 2.05) is 55.6 Å². The number of carbonyl (C=O) groups excluding carboxylic acids is 6. The number of nitrogens with two attached hydrogens (primary N) is 1. The van der Waals surface area contributed by atoms with Gasteiger partial charge in [0.25, 0.3) is 5.24 Å². The Bertz CT molecular complexity index is 4970.